The third-order valence-electron chi connectivity index (χ3n) is 4.83. The average Bonchev–Trinajstić information content (AvgIpc) is 3.29. The van der Waals surface area contributed by atoms with Crippen LogP contribution in [0.5, 0.6) is 0 Å². The molecule has 4 rings (SSSR count). The maximum atomic E-state index is 13.9. The zero-order chi connectivity index (χ0) is 19.7. The molecular formula is C21H20F2N4O. The first-order valence-electron chi connectivity index (χ1n) is 9.21. The van der Waals surface area contributed by atoms with Crippen molar-refractivity contribution in [2.24, 2.45) is 0 Å². The minimum Gasteiger partial charge on any atom is -0.320 e. The average molecular weight is 382 g/mol. The van der Waals surface area contributed by atoms with E-state index in [1.165, 1.54) is 23.9 Å². The van der Waals surface area contributed by atoms with Gasteiger partial charge in [0.15, 0.2) is 17.3 Å². The number of halogens is 2. The van der Waals surface area contributed by atoms with Crippen LogP contribution in [0.2, 0.25) is 0 Å². The van der Waals surface area contributed by atoms with Crippen LogP contribution in [-0.2, 0) is 13.1 Å². The minimum atomic E-state index is -0.744. The van der Waals surface area contributed by atoms with Gasteiger partial charge in [-0.1, -0.05) is 25.1 Å². The van der Waals surface area contributed by atoms with Crippen LogP contribution in [0.15, 0.2) is 48.7 Å². The number of nitrogens with one attached hydrogen (secondary N) is 1. The summed E-state index contributed by atoms with van der Waals surface area (Å²) in [4.78, 5) is 15.0. The maximum Gasteiger partial charge on any atom is 0.276 e. The predicted octanol–water partition coefficient (Wildman–Crippen LogP) is 4.13. The molecule has 0 unspecified atom stereocenters. The first-order valence-corrected chi connectivity index (χ1v) is 9.21. The van der Waals surface area contributed by atoms with E-state index < -0.39 is 17.5 Å². The van der Waals surface area contributed by atoms with Crippen molar-refractivity contribution in [3.63, 3.8) is 0 Å². The van der Waals surface area contributed by atoms with Gasteiger partial charge in [0.2, 0.25) is 0 Å². The summed E-state index contributed by atoms with van der Waals surface area (Å²) in [5.41, 5.74) is 2.82. The Kier molecular flexibility index (Phi) is 4.92. The molecule has 3 aromatic rings. The second-order valence-electron chi connectivity index (χ2n) is 6.82. The molecule has 1 aliphatic rings. The Labute approximate surface area is 161 Å². The first-order chi connectivity index (χ1) is 13.6. The fraction of sp³-hybridized carbons (Fsp3) is 0.238. The van der Waals surface area contributed by atoms with Crippen molar-refractivity contribution < 1.29 is 13.6 Å². The second-order valence-corrected chi connectivity index (χ2v) is 6.82. The molecule has 144 valence electrons. The van der Waals surface area contributed by atoms with Crippen molar-refractivity contribution in [3.8, 4) is 5.69 Å². The Morgan fingerprint density at radius 3 is 2.61 bits per heavy atom. The standard InChI is InChI=1S/C21H20F2N4O/c1-2-10-26-12-14-5-3-8-18(15(14)13-26)24-21(28)19-9-11-27(25-19)20-16(22)6-4-7-17(20)23/h3-9,11H,2,10,12-13H2,1H3,(H,24,28). The number of nitrogens with zero attached hydrogens (tertiary/aromatic N) is 3. The number of amides is 1. The zero-order valence-electron chi connectivity index (χ0n) is 15.5. The summed E-state index contributed by atoms with van der Waals surface area (Å²) in [6.07, 6.45) is 2.44. The lowest BCUT2D eigenvalue weighted by Gasteiger charge is -2.13. The Balaban J connectivity index is 1.55. The van der Waals surface area contributed by atoms with Crippen LogP contribution in [0.1, 0.15) is 35.0 Å². The smallest absolute Gasteiger partial charge is 0.276 e. The van der Waals surface area contributed by atoms with Gasteiger partial charge in [0.05, 0.1) is 0 Å². The van der Waals surface area contributed by atoms with E-state index in [0.29, 0.717) is 0 Å². The van der Waals surface area contributed by atoms with Crippen molar-refractivity contribution in [1.82, 2.24) is 14.7 Å². The fourth-order valence-electron chi connectivity index (χ4n) is 3.55. The highest BCUT2D eigenvalue weighted by atomic mass is 19.1. The fourth-order valence-corrected chi connectivity index (χ4v) is 3.55. The lowest BCUT2D eigenvalue weighted by atomic mass is 10.1. The highest BCUT2D eigenvalue weighted by Crippen LogP contribution is 2.29. The van der Waals surface area contributed by atoms with E-state index in [9.17, 15) is 13.6 Å². The lowest BCUT2D eigenvalue weighted by Crippen LogP contribution is -2.17. The topological polar surface area (TPSA) is 50.2 Å². The Morgan fingerprint density at radius 2 is 1.86 bits per heavy atom. The Morgan fingerprint density at radius 1 is 1.11 bits per heavy atom. The molecule has 0 saturated carbocycles. The summed E-state index contributed by atoms with van der Waals surface area (Å²) in [5, 5.41) is 6.94. The SMILES string of the molecule is CCCN1Cc2cccc(NC(=O)c3ccn(-c4c(F)cccc4F)n3)c2C1. The van der Waals surface area contributed by atoms with E-state index in [1.807, 2.05) is 12.1 Å². The van der Waals surface area contributed by atoms with E-state index in [2.05, 4.69) is 28.3 Å². The number of fused-ring (bicyclic) bond motifs is 1. The number of rotatable bonds is 5. The normalized spacial score (nSPS) is 13.5. The lowest BCUT2D eigenvalue weighted by molar-refractivity contribution is 0.102. The summed E-state index contributed by atoms with van der Waals surface area (Å²) in [5.74, 6) is -1.91. The third kappa shape index (κ3) is 3.41. The van der Waals surface area contributed by atoms with Gasteiger partial charge in [0.25, 0.3) is 5.91 Å². The van der Waals surface area contributed by atoms with Crippen LogP contribution in [0.4, 0.5) is 14.5 Å². The number of hydrogen-bond donors (Lipinski definition) is 1. The molecule has 1 aromatic heterocycles. The number of carbonyl (C=O) groups excluding carboxylic acids is 1. The van der Waals surface area contributed by atoms with Crippen molar-refractivity contribution in [3.05, 3.63) is 77.1 Å². The maximum absolute atomic E-state index is 13.9. The first kappa shape index (κ1) is 18.3. The quantitative estimate of drug-likeness (QED) is 0.722. The molecule has 5 nitrogen and oxygen atoms in total. The van der Waals surface area contributed by atoms with Crippen LogP contribution in [0.25, 0.3) is 5.69 Å². The van der Waals surface area contributed by atoms with Gasteiger partial charge in [0.1, 0.15) is 5.69 Å². The molecule has 1 aliphatic heterocycles. The van der Waals surface area contributed by atoms with Crippen molar-refractivity contribution in [2.75, 3.05) is 11.9 Å². The highest BCUT2D eigenvalue weighted by molar-refractivity contribution is 6.03. The van der Waals surface area contributed by atoms with Gasteiger partial charge in [-0.2, -0.15) is 5.10 Å². The summed E-state index contributed by atoms with van der Waals surface area (Å²) in [7, 11) is 0. The molecule has 7 heteroatoms. The van der Waals surface area contributed by atoms with Crippen LogP contribution in [-0.4, -0.2) is 27.1 Å². The van der Waals surface area contributed by atoms with Crippen LogP contribution in [0, 0.1) is 11.6 Å². The van der Waals surface area contributed by atoms with E-state index in [1.54, 1.807) is 0 Å². The monoisotopic (exact) mass is 382 g/mol. The minimum absolute atomic E-state index is 0.0867. The van der Waals surface area contributed by atoms with E-state index in [-0.39, 0.29) is 11.4 Å². The summed E-state index contributed by atoms with van der Waals surface area (Å²) < 4.78 is 28.9. The van der Waals surface area contributed by atoms with Crippen LogP contribution < -0.4 is 5.32 Å². The molecule has 2 heterocycles. The molecule has 0 bridgehead atoms. The largest absolute Gasteiger partial charge is 0.320 e. The molecule has 28 heavy (non-hydrogen) atoms. The molecule has 2 aromatic carbocycles. The van der Waals surface area contributed by atoms with Crippen molar-refractivity contribution >= 4 is 11.6 Å². The molecule has 0 atom stereocenters. The number of para-hydroxylation sites is 1. The number of hydrogen-bond acceptors (Lipinski definition) is 3. The van der Waals surface area contributed by atoms with Gasteiger partial charge in [0, 0.05) is 25.0 Å². The Hall–Kier alpha value is -3.06. The molecule has 0 aliphatic carbocycles. The highest BCUT2D eigenvalue weighted by Gasteiger charge is 2.22. The zero-order valence-corrected chi connectivity index (χ0v) is 15.5. The molecular weight excluding hydrogens is 362 g/mol. The van der Waals surface area contributed by atoms with Gasteiger partial charge < -0.3 is 5.32 Å². The Bertz CT molecular complexity index is 1010. The number of carbonyl (C=O) groups is 1. The summed E-state index contributed by atoms with van der Waals surface area (Å²) in [6.45, 7) is 4.80. The van der Waals surface area contributed by atoms with Crippen molar-refractivity contribution in [1.29, 1.82) is 0 Å². The van der Waals surface area contributed by atoms with E-state index >= 15 is 0 Å². The molecule has 0 spiro atoms. The van der Waals surface area contributed by atoms with Gasteiger partial charge in [-0.15, -0.1) is 0 Å². The molecule has 0 saturated heterocycles. The van der Waals surface area contributed by atoms with Crippen LogP contribution >= 0.6 is 0 Å². The van der Waals surface area contributed by atoms with Crippen molar-refractivity contribution in [2.45, 2.75) is 26.4 Å². The summed E-state index contributed by atoms with van der Waals surface area (Å²) in [6, 6.07) is 10.9. The number of benzene rings is 2. The van der Waals surface area contributed by atoms with Gasteiger partial charge in [-0.25, -0.2) is 13.5 Å². The van der Waals surface area contributed by atoms with E-state index in [4.69, 9.17) is 0 Å². The predicted molar refractivity (Wildman–Crippen MR) is 102 cm³/mol. The van der Waals surface area contributed by atoms with Gasteiger partial charge in [-0.3, -0.25) is 9.69 Å². The van der Waals surface area contributed by atoms with Gasteiger partial charge >= 0.3 is 0 Å². The molecule has 1 N–H and O–H groups in total. The van der Waals surface area contributed by atoms with Gasteiger partial charge in [-0.05, 0) is 48.4 Å². The second kappa shape index (κ2) is 7.52. The number of anilines is 1. The van der Waals surface area contributed by atoms with Crippen LogP contribution in [0.3, 0.4) is 0 Å². The molecule has 0 fully saturated rings. The molecule has 1 amide bonds. The summed E-state index contributed by atoms with van der Waals surface area (Å²) >= 11 is 0. The number of aromatic nitrogens is 2. The molecule has 0 radical (unpaired) electrons. The van der Waals surface area contributed by atoms with E-state index in [0.717, 1.165) is 54.1 Å². The third-order valence-corrected chi connectivity index (χ3v) is 4.83.